The molecule has 0 bridgehead atoms. The molecule has 0 amide bonds. The lowest BCUT2D eigenvalue weighted by molar-refractivity contribution is 0.726. The normalized spacial score (nSPS) is 16.1. The molecule has 0 atom stereocenters. The standard InChI is InChI=1S/C16H19N3/c1-2-7-13-19(12-6-1)16-11-10-15(17-18-16)14-8-4-3-5-9-14/h3-5,8-11H,1-2,6-7,12-13H2. The van der Waals surface area contributed by atoms with Crippen LogP contribution in [0.5, 0.6) is 0 Å². The lowest BCUT2D eigenvalue weighted by atomic mass is 10.1. The van der Waals surface area contributed by atoms with Gasteiger partial charge in [-0.2, -0.15) is 0 Å². The monoisotopic (exact) mass is 253 g/mol. The minimum absolute atomic E-state index is 0.944. The maximum atomic E-state index is 4.40. The lowest BCUT2D eigenvalue weighted by Gasteiger charge is -2.20. The van der Waals surface area contributed by atoms with Gasteiger partial charge in [-0.1, -0.05) is 43.2 Å². The largest absolute Gasteiger partial charge is 0.355 e. The molecule has 2 aromatic rings. The maximum Gasteiger partial charge on any atom is 0.151 e. The van der Waals surface area contributed by atoms with Crippen molar-refractivity contribution in [1.29, 1.82) is 0 Å². The van der Waals surface area contributed by atoms with Gasteiger partial charge >= 0.3 is 0 Å². The lowest BCUT2D eigenvalue weighted by Crippen LogP contribution is -2.25. The van der Waals surface area contributed by atoms with Crippen LogP contribution < -0.4 is 4.90 Å². The summed E-state index contributed by atoms with van der Waals surface area (Å²) in [4.78, 5) is 2.36. The summed E-state index contributed by atoms with van der Waals surface area (Å²) in [6.07, 6.45) is 5.21. The predicted octanol–water partition coefficient (Wildman–Crippen LogP) is 3.52. The molecule has 98 valence electrons. The Morgan fingerprint density at radius 3 is 2.11 bits per heavy atom. The Bertz CT molecular complexity index is 499. The highest BCUT2D eigenvalue weighted by atomic mass is 15.3. The SMILES string of the molecule is c1ccc(-c2ccc(N3CCCCCC3)nn2)cc1. The second-order valence-corrected chi connectivity index (χ2v) is 5.04. The van der Waals surface area contributed by atoms with Gasteiger partial charge in [0, 0.05) is 18.7 Å². The zero-order chi connectivity index (χ0) is 12.9. The summed E-state index contributed by atoms with van der Waals surface area (Å²) in [5.41, 5.74) is 2.07. The Balaban J connectivity index is 1.78. The van der Waals surface area contributed by atoms with Crippen LogP contribution in [0.25, 0.3) is 11.3 Å². The Labute approximate surface area is 114 Å². The van der Waals surface area contributed by atoms with Crippen molar-refractivity contribution in [3.8, 4) is 11.3 Å². The van der Waals surface area contributed by atoms with E-state index >= 15 is 0 Å². The fourth-order valence-corrected chi connectivity index (χ4v) is 2.56. The van der Waals surface area contributed by atoms with E-state index < -0.39 is 0 Å². The van der Waals surface area contributed by atoms with Crippen molar-refractivity contribution in [3.63, 3.8) is 0 Å². The van der Waals surface area contributed by atoms with Gasteiger partial charge in [0.25, 0.3) is 0 Å². The average molecular weight is 253 g/mol. The maximum absolute atomic E-state index is 4.40. The summed E-state index contributed by atoms with van der Waals surface area (Å²) in [5.74, 6) is 1.02. The quantitative estimate of drug-likeness (QED) is 0.820. The molecule has 1 fully saturated rings. The van der Waals surface area contributed by atoms with E-state index in [0.29, 0.717) is 0 Å². The Morgan fingerprint density at radius 1 is 0.737 bits per heavy atom. The van der Waals surface area contributed by atoms with Crippen molar-refractivity contribution in [3.05, 3.63) is 42.5 Å². The van der Waals surface area contributed by atoms with Gasteiger partial charge in [-0.15, -0.1) is 10.2 Å². The van der Waals surface area contributed by atoms with E-state index in [1.807, 2.05) is 18.2 Å². The zero-order valence-electron chi connectivity index (χ0n) is 11.1. The molecular weight excluding hydrogens is 234 g/mol. The third-order valence-electron chi connectivity index (χ3n) is 3.65. The van der Waals surface area contributed by atoms with Gasteiger partial charge in [-0.25, -0.2) is 0 Å². The Kier molecular flexibility index (Phi) is 3.73. The molecule has 0 aliphatic carbocycles. The topological polar surface area (TPSA) is 29.0 Å². The Morgan fingerprint density at radius 2 is 1.47 bits per heavy atom. The molecule has 1 saturated heterocycles. The van der Waals surface area contributed by atoms with Crippen molar-refractivity contribution in [2.45, 2.75) is 25.7 Å². The molecule has 1 aliphatic rings. The van der Waals surface area contributed by atoms with Crippen LogP contribution in [0.1, 0.15) is 25.7 Å². The molecule has 3 rings (SSSR count). The third-order valence-corrected chi connectivity index (χ3v) is 3.65. The van der Waals surface area contributed by atoms with E-state index in [4.69, 9.17) is 0 Å². The first-order valence-electron chi connectivity index (χ1n) is 7.07. The number of rotatable bonds is 2. The van der Waals surface area contributed by atoms with Gasteiger partial charge in [0.05, 0.1) is 5.69 Å². The second kappa shape index (κ2) is 5.83. The first-order valence-corrected chi connectivity index (χ1v) is 7.07. The van der Waals surface area contributed by atoms with Crippen LogP contribution in [0.2, 0.25) is 0 Å². The van der Waals surface area contributed by atoms with Crippen LogP contribution in [0.15, 0.2) is 42.5 Å². The number of hydrogen-bond donors (Lipinski definition) is 0. The van der Waals surface area contributed by atoms with Crippen LogP contribution in [0.4, 0.5) is 5.82 Å². The van der Waals surface area contributed by atoms with Gasteiger partial charge in [0.2, 0.25) is 0 Å². The number of nitrogens with zero attached hydrogens (tertiary/aromatic N) is 3. The molecule has 19 heavy (non-hydrogen) atoms. The van der Waals surface area contributed by atoms with Crippen molar-refractivity contribution >= 4 is 5.82 Å². The fourth-order valence-electron chi connectivity index (χ4n) is 2.56. The molecule has 2 heterocycles. The van der Waals surface area contributed by atoms with Crippen molar-refractivity contribution in [2.75, 3.05) is 18.0 Å². The van der Waals surface area contributed by atoms with Crippen molar-refractivity contribution < 1.29 is 0 Å². The van der Waals surface area contributed by atoms with Crippen molar-refractivity contribution in [1.82, 2.24) is 10.2 Å². The molecule has 1 aromatic carbocycles. The highest BCUT2D eigenvalue weighted by Gasteiger charge is 2.11. The molecule has 0 N–H and O–H groups in total. The molecular formula is C16H19N3. The number of aromatic nitrogens is 2. The van der Waals surface area contributed by atoms with E-state index in [9.17, 15) is 0 Å². The van der Waals surface area contributed by atoms with E-state index in [-0.39, 0.29) is 0 Å². The Hall–Kier alpha value is -1.90. The van der Waals surface area contributed by atoms with E-state index in [2.05, 4.69) is 39.4 Å². The van der Waals surface area contributed by atoms with Gasteiger partial charge in [-0.3, -0.25) is 0 Å². The first-order chi connectivity index (χ1) is 9.43. The molecule has 0 radical (unpaired) electrons. The third kappa shape index (κ3) is 2.92. The predicted molar refractivity (Wildman–Crippen MR) is 78.1 cm³/mol. The number of anilines is 1. The number of hydrogen-bond acceptors (Lipinski definition) is 3. The summed E-state index contributed by atoms with van der Waals surface area (Å²) in [6.45, 7) is 2.22. The smallest absolute Gasteiger partial charge is 0.151 e. The van der Waals surface area contributed by atoms with Gasteiger partial charge in [-0.05, 0) is 25.0 Å². The van der Waals surface area contributed by atoms with Gasteiger partial charge in [0.15, 0.2) is 5.82 Å². The van der Waals surface area contributed by atoms with E-state index in [1.165, 1.54) is 25.7 Å². The van der Waals surface area contributed by atoms with Crippen LogP contribution in [0.3, 0.4) is 0 Å². The highest BCUT2D eigenvalue weighted by molar-refractivity contribution is 5.59. The van der Waals surface area contributed by atoms with Crippen LogP contribution >= 0.6 is 0 Å². The summed E-state index contributed by atoms with van der Waals surface area (Å²) in [5, 5.41) is 8.76. The van der Waals surface area contributed by atoms with Crippen LogP contribution in [-0.2, 0) is 0 Å². The summed E-state index contributed by atoms with van der Waals surface area (Å²) < 4.78 is 0. The zero-order valence-corrected chi connectivity index (χ0v) is 11.1. The molecule has 1 aromatic heterocycles. The molecule has 3 heteroatoms. The molecule has 3 nitrogen and oxygen atoms in total. The summed E-state index contributed by atoms with van der Waals surface area (Å²) in [7, 11) is 0. The summed E-state index contributed by atoms with van der Waals surface area (Å²) in [6, 6.07) is 14.4. The van der Waals surface area contributed by atoms with Crippen LogP contribution in [0, 0.1) is 0 Å². The first kappa shape index (κ1) is 12.2. The van der Waals surface area contributed by atoms with Crippen molar-refractivity contribution in [2.24, 2.45) is 0 Å². The molecule has 0 unspecified atom stereocenters. The fraction of sp³-hybridized carbons (Fsp3) is 0.375. The summed E-state index contributed by atoms with van der Waals surface area (Å²) >= 11 is 0. The van der Waals surface area contributed by atoms with Crippen LogP contribution in [-0.4, -0.2) is 23.3 Å². The van der Waals surface area contributed by atoms with Gasteiger partial charge in [0.1, 0.15) is 0 Å². The molecule has 1 aliphatic heterocycles. The minimum atomic E-state index is 0.944. The molecule has 0 saturated carbocycles. The average Bonchev–Trinajstić information content (AvgIpc) is 2.77. The second-order valence-electron chi connectivity index (χ2n) is 5.04. The van der Waals surface area contributed by atoms with E-state index in [0.717, 1.165) is 30.2 Å². The van der Waals surface area contributed by atoms with E-state index in [1.54, 1.807) is 0 Å². The minimum Gasteiger partial charge on any atom is -0.355 e. The molecule has 0 spiro atoms. The number of benzene rings is 1. The highest BCUT2D eigenvalue weighted by Crippen LogP contribution is 2.20. The van der Waals surface area contributed by atoms with Gasteiger partial charge < -0.3 is 4.90 Å².